The van der Waals surface area contributed by atoms with E-state index in [-0.39, 0.29) is 13.7 Å². The van der Waals surface area contributed by atoms with E-state index in [1.807, 2.05) is 0 Å². The number of nitrogens with zero attached hydrogens (tertiary/aromatic N) is 4. The summed E-state index contributed by atoms with van der Waals surface area (Å²) in [7, 11) is 8.54. The van der Waals surface area contributed by atoms with Gasteiger partial charge in [-0.1, -0.05) is 0 Å². The van der Waals surface area contributed by atoms with Crippen molar-refractivity contribution in [2.75, 3.05) is 37.8 Å². The molecule has 1 heterocycles. The first kappa shape index (κ1) is 17.4. The third-order valence-electron chi connectivity index (χ3n) is 4.29. The second kappa shape index (κ2) is 7.25. The van der Waals surface area contributed by atoms with Crippen LogP contribution in [0.4, 0.5) is 11.4 Å². The first-order chi connectivity index (χ1) is 11.5. The third kappa shape index (κ3) is 3.10. The van der Waals surface area contributed by atoms with E-state index >= 15 is 0 Å². The summed E-state index contributed by atoms with van der Waals surface area (Å²) in [5, 5.41) is 0. The molecule has 0 spiro atoms. The molecule has 7 heteroatoms. The van der Waals surface area contributed by atoms with Gasteiger partial charge in [-0.25, -0.2) is 0 Å². The van der Waals surface area contributed by atoms with Crippen LogP contribution < -0.4 is 9.62 Å². The summed E-state index contributed by atoms with van der Waals surface area (Å²) in [5.41, 5.74) is 2.37. The van der Waals surface area contributed by atoms with Gasteiger partial charge in [-0.05, 0) is 0 Å². The van der Waals surface area contributed by atoms with Gasteiger partial charge in [0, 0.05) is 0 Å². The van der Waals surface area contributed by atoms with Crippen molar-refractivity contribution in [3.63, 3.8) is 0 Å². The van der Waals surface area contributed by atoms with Crippen molar-refractivity contribution in [2.45, 2.75) is 0 Å². The number of rotatable bonds is 4. The number of para-hydroxylation sites is 2. The van der Waals surface area contributed by atoms with Gasteiger partial charge >= 0.3 is 156 Å². The molecule has 0 unspecified atom stereocenters. The Kier molecular flexibility index (Phi) is 5.27. The van der Waals surface area contributed by atoms with E-state index in [2.05, 4.69) is 127 Å². The standard InChI is InChI=1S/C17H22B2N4.Pd/c1-20(2)18-19(21(3)4)23(17-13-9-6-10-14-17)15-22(18)16-11-7-5-8-12-16;/h5-14H,1-4H3;. The van der Waals surface area contributed by atoms with Crippen LogP contribution in [-0.2, 0) is 18.7 Å². The molecule has 1 fully saturated rings. The topological polar surface area (TPSA) is 13.0 Å². The molecule has 1 aliphatic heterocycles. The zero-order valence-electron chi connectivity index (χ0n) is 14.5. The fourth-order valence-corrected chi connectivity index (χ4v) is 4.07. The zero-order valence-corrected chi connectivity index (χ0v) is 16.1. The fourth-order valence-electron chi connectivity index (χ4n) is 3.26. The quantitative estimate of drug-likeness (QED) is 0.713. The monoisotopic (exact) mass is 410 g/mol. The van der Waals surface area contributed by atoms with Gasteiger partial charge < -0.3 is 0 Å². The summed E-state index contributed by atoms with van der Waals surface area (Å²) in [6, 6.07) is 21.1. The fraction of sp³-hybridized carbons (Fsp3) is 0.235. The van der Waals surface area contributed by atoms with E-state index < -0.39 is 0 Å². The summed E-state index contributed by atoms with van der Waals surface area (Å²) in [6.07, 6.45) is 0. The Hall–Kier alpha value is -1.38. The van der Waals surface area contributed by atoms with Crippen molar-refractivity contribution < 1.29 is 18.7 Å². The van der Waals surface area contributed by atoms with E-state index in [1.165, 1.54) is 11.4 Å². The molecular weight excluding hydrogens is 388 g/mol. The van der Waals surface area contributed by atoms with Gasteiger partial charge in [0.2, 0.25) is 0 Å². The average Bonchev–Trinajstić information content (AvgIpc) is 2.90. The van der Waals surface area contributed by atoms with Crippen LogP contribution in [0.5, 0.6) is 0 Å². The number of anilines is 2. The van der Waals surface area contributed by atoms with Crippen molar-refractivity contribution >= 4 is 29.4 Å². The molecule has 3 rings (SSSR count). The minimum atomic E-state index is 0.187. The van der Waals surface area contributed by atoms with E-state index in [0.717, 1.165) is 4.23 Å². The minimum absolute atomic E-state index is 0.187. The molecule has 24 heavy (non-hydrogen) atoms. The zero-order chi connectivity index (χ0) is 17.3. The van der Waals surface area contributed by atoms with Crippen LogP contribution in [0.15, 0.2) is 60.7 Å². The second-order valence-corrected chi connectivity index (χ2v) is 7.10. The average molecular weight is 410 g/mol. The molecule has 0 saturated carbocycles. The number of hydrogen-bond donors (Lipinski definition) is 0. The molecule has 0 atom stereocenters. The Morgan fingerprint density at radius 3 is 1.29 bits per heavy atom. The van der Waals surface area contributed by atoms with Crippen LogP contribution in [0, 0.1) is 0 Å². The normalized spacial score (nSPS) is 15.2. The Morgan fingerprint density at radius 2 is 1.00 bits per heavy atom. The maximum absolute atomic E-state index is 3.54. The molecule has 0 amide bonds. The van der Waals surface area contributed by atoms with Crippen LogP contribution in [-0.4, -0.2) is 55.8 Å². The number of benzene rings is 2. The van der Waals surface area contributed by atoms with Crippen molar-refractivity contribution in [2.24, 2.45) is 0 Å². The van der Waals surface area contributed by atoms with Crippen molar-refractivity contribution in [1.29, 1.82) is 0 Å². The molecule has 4 nitrogen and oxygen atoms in total. The first-order valence-electron chi connectivity index (χ1n) is 8.03. The van der Waals surface area contributed by atoms with Crippen LogP contribution in [0.1, 0.15) is 0 Å². The predicted octanol–water partition coefficient (Wildman–Crippen LogP) is 1.83. The molecule has 0 aliphatic carbocycles. The van der Waals surface area contributed by atoms with Gasteiger partial charge in [0.15, 0.2) is 0 Å². The molecule has 126 valence electrons. The van der Waals surface area contributed by atoms with Crippen LogP contribution >= 0.6 is 0 Å². The molecule has 0 bridgehead atoms. The third-order valence-corrected chi connectivity index (χ3v) is 5.04. The van der Waals surface area contributed by atoms with Crippen molar-refractivity contribution in [1.82, 2.24) is 9.62 Å². The first-order valence-corrected chi connectivity index (χ1v) is 8.81. The van der Waals surface area contributed by atoms with E-state index in [1.54, 1.807) is 0 Å². The van der Waals surface area contributed by atoms with Crippen LogP contribution in [0.3, 0.4) is 0 Å². The van der Waals surface area contributed by atoms with Crippen molar-refractivity contribution in [3.05, 3.63) is 60.7 Å². The van der Waals surface area contributed by atoms with E-state index in [0.29, 0.717) is 0 Å². The van der Waals surface area contributed by atoms with Gasteiger partial charge in [0.1, 0.15) is 0 Å². The molecule has 1 saturated heterocycles. The van der Waals surface area contributed by atoms with Crippen LogP contribution in [0.2, 0.25) is 0 Å². The maximum atomic E-state index is 3.54. The molecular formula is C17H22B2N4Pd. The Morgan fingerprint density at radius 1 is 0.667 bits per heavy atom. The summed E-state index contributed by atoms with van der Waals surface area (Å²) >= 11 is 3.54. The molecule has 0 N–H and O–H groups in total. The Bertz CT molecular complexity index is 637. The van der Waals surface area contributed by atoms with E-state index in [4.69, 9.17) is 0 Å². The van der Waals surface area contributed by atoms with Gasteiger partial charge in [0.05, 0.1) is 0 Å². The Balaban J connectivity index is 2.12. The van der Waals surface area contributed by atoms with Gasteiger partial charge in [-0.3, -0.25) is 0 Å². The summed E-state index contributed by atoms with van der Waals surface area (Å²) in [6.45, 7) is 0.374. The van der Waals surface area contributed by atoms with Crippen LogP contribution in [0.25, 0.3) is 0 Å². The number of hydrogen-bond acceptors (Lipinski definition) is 4. The second-order valence-electron chi connectivity index (χ2n) is 6.41. The molecule has 1 aliphatic rings. The van der Waals surface area contributed by atoms with Gasteiger partial charge in [0.25, 0.3) is 0 Å². The molecule has 0 radical (unpaired) electrons. The van der Waals surface area contributed by atoms with Gasteiger partial charge in [-0.2, -0.15) is 0 Å². The van der Waals surface area contributed by atoms with E-state index in [9.17, 15) is 0 Å². The Labute approximate surface area is 156 Å². The summed E-state index contributed by atoms with van der Waals surface area (Å²) in [4.78, 5) is 9.27. The predicted molar refractivity (Wildman–Crippen MR) is 102 cm³/mol. The summed E-state index contributed by atoms with van der Waals surface area (Å²) in [5.74, 6) is 0. The molecule has 2 aromatic carbocycles. The van der Waals surface area contributed by atoms with Gasteiger partial charge in [-0.15, -0.1) is 0 Å². The SMILES string of the molecule is CN(C)B1B(N(C)C)N(c2ccccc2)[C](=[Pd])N1c1ccccc1. The molecule has 0 aromatic heterocycles. The van der Waals surface area contributed by atoms with Crippen molar-refractivity contribution in [3.8, 4) is 0 Å². The summed E-state index contributed by atoms with van der Waals surface area (Å²) < 4.78 is 1.09. The molecule has 2 aromatic rings.